The van der Waals surface area contributed by atoms with Gasteiger partial charge in [-0.2, -0.15) is 49.1 Å². The lowest BCUT2D eigenvalue weighted by Gasteiger charge is -2.12. The molecule has 23 heteroatoms. The van der Waals surface area contributed by atoms with Gasteiger partial charge < -0.3 is 16.2 Å². The summed E-state index contributed by atoms with van der Waals surface area (Å²) in [5, 5.41) is 28.4. The fourth-order valence-corrected chi connectivity index (χ4v) is 5.95. The molecule has 254 valence electrons. The highest BCUT2D eigenvalue weighted by molar-refractivity contribution is 7.86. The second kappa shape index (κ2) is 12.8. The number of halogens is 2. The van der Waals surface area contributed by atoms with E-state index in [-0.39, 0.29) is 33.5 Å². The summed E-state index contributed by atoms with van der Waals surface area (Å²) in [6.07, 6.45) is -1.43. The van der Waals surface area contributed by atoms with Crippen molar-refractivity contribution in [1.29, 1.82) is 0 Å². The first-order chi connectivity index (χ1) is 22.8. The van der Waals surface area contributed by atoms with E-state index in [1.54, 1.807) is 0 Å². The number of nitrogens with one attached hydrogen (secondary N) is 1. The SMILES string of the molecule is Nc1ccc2c(O)c(/N=N/c3cc(Nc4cc(F)nc(F)n4)ccc3S(=O)(=O)O)c(S(=O)(=O)O)cc2c1/N=N/c1ccc(S(=O)(=O)O)cc1. The van der Waals surface area contributed by atoms with Gasteiger partial charge in [-0.1, -0.05) is 0 Å². The van der Waals surface area contributed by atoms with Gasteiger partial charge in [-0.05, 0) is 60.7 Å². The Morgan fingerprint density at radius 3 is 1.94 bits per heavy atom. The maximum atomic E-state index is 13.5. The molecule has 1 heterocycles. The molecule has 0 fully saturated rings. The third-order valence-corrected chi connectivity index (χ3v) is 8.99. The number of nitrogens with zero attached hydrogens (tertiary/aromatic N) is 6. The first kappa shape index (κ1) is 34.7. The van der Waals surface area contributed by atoms with Crippen LogP contribution in [-0.2, 0) is 30.4 Å². The number of phenolic OH excluding ortho intramolecular Hbond substituents is 1. The highest BCUT2D eigenvalue weighted by atomic mass is 32.2. The number of aromatic hydroxyl groups is 1. The number of aromatic nitrogens is 2. The highest BCUT2D eigenvalue weighted by Crippen LogP contribution is 2.46. The first-order valence-corrected chi connectivity index (χ1v) is 17.2. The van der Waals surface area contributed by atoms with Gasteiger partial charge in [0.05, 0.1) is 16.3 Å². The van der Waals surface area contributed by atoms with E-state index in [0.29, 0.717) is 6.07 Å². The predicted molar refractivity (Wildman–Crippen MR) is 166 cm³/mol. The molecule has 49 heavy (non-hydrogen) atoms. The van der Waals surface area contributed by atoms with Crippen LogP contribution in [0.15, 0.2) is 102 Å². The summed E-state index contributed by atoms with van der Waals surface area (Å²) in [6, 6.07) is 11.2. The van der Waals surface area contributed by atoms with E-state index in [1.807, 2.05) is 0 Å². The van der Waals surface area contributed by atoms with Crippen LogP contribution in [0.3, 0.4) is 0 Å². The summed E-state index contributed by atoms with van der Waals surface area (Å²) in [4.78, 5) is 3.81. The Morgan fingerprint density at radius 1 is 0.673 bits per heavy atom. The quantitative estimate of drug-likeness (QED) is 0.0357. The Hall–Kier alpha value is -5.59. The lowest BCUT2D eigenvalue weighted by Crippen LogP contribution is -2.02. The van der Waals surface area contributed by atoms with Crippen LogP contribution in [0.4, 0.5) is 48.7 Å². The lowest BCUT2D eigenvalue weighted by molar-refractivity contribution is 0.472. The topological polar surface area (TPSA) is 297 Å². The zero-order valence-corrected chi connectivity index (χ0v) is 26.3. The molecule has 0 amide bonds. The van der Waals surface area contributed by atoms with Gasteiger partial charge in [0.15, 0.2) is 5.75 Å². The minimum absolute atomic E-state index is 0.0646. The fraction of sp³-hybridized carbons (Fsp3) is 0. The summed E-state index contributed by atoms with van der Waals surface area (Å²) in [6.45, 7) is 0. The largest absolute Gasteiger partial charge is 0.505 e. The number of hydrogen-bond donors (Lipinski definition) is 6. The maximum Gasteiger partial charge on any atom is 0.313 e. The van der Waals surface area contributed by atoms with Crippen molar-refractivity contribution >= 4 is 81.1 Å². The molecule has 0 aliphatic heterocycles. The molecule has 7 N–H and O–H groups in total. The summed E-state index contributed by atoms with van der Waals surface area (Å²) < 4.78 is 127. The Morgan fingerprint density at radius 2 is 1.33 bits per heavy atom. The second-order valence-corrected chi connectivity index (χ2v) is 13.8. The Bertz CT molecular complexity index is 2530. The van der Waals surface area contributed by atoms with E-state index in [1.165, 1.54) is 24.3 Å². The van der Waals surface area contributed by atoms with E-state index in [9.17, 15) is 48.2 Å². The summed E-state index contributed by atoms with van der Waals surface area (Å²) in [5.74, 6) is -2.57. The molecule has 0 bridgehead atoms. The van der Waals surface area contributed by atoms with Crippen molar-refractivity contribution in [1.82, 2.24) is 9.97 Å². The van der Waals surface area contributed by atoms with Crippen LogP contribution in [0.1, 0.15) is 0 Å². The van der Waals surface area contributed by atoms with E-state index >= 15 is 0 Å². The van der Waals surface area contributed by atoms with E-state index in [0.717, 1.165) is 36.4 Å². The molecule has 0 atom stereocenters. The molecule has 5 rings (SSSR count). The van der Waals surface area contributed by atoms with Gasteiger partial charge in [-0.25, -0.2) is 0 Å². The van der Waals surface area contributed by atoms with E-state index < -0.39 is 80.0 Å². The molecular weight excluding hydrogens is 719 g/mol. The Balaban J connectivity index is 1.63. The molecule has 1 aromatic heterocycles. The van der Waals surface area contributed by atoms with Crippen molar-refractivity contribution in [3.05, 3.63) is 78.8 Å². The second-order valence-electron chi connectivity index (χ2n) is 9.64. The number of hydrogen-bond acceptors (Lipinski definition) is 15. The summed E-state index contributed by atoms with van der Waals surface area (Å²) in [7, 11) is -14.7. The van der Waals surface area contributed by atoms with Crippen molar-refractivity contribution in [3.8, 4) is 5.75 Å². The predicted octanol–water partition coefficient (Wildman–Crippen LogP) is 5.51. The minimum Gasteiger partial charge on any atom is -0.505 e. The van der Waals surface area contributed by atoms with Gasteiger partial charge >= 0.3 is 6.08 Å². The number of azo groups is 2. The lowest BCUT2D eigenvalue weighted by atomic mass is 10.1. The third kappa shape index (κ3) is 7.77. The van der Waals surface area contributed by atoms with Crippen LogP contribution >= 0.6 is 0 Å². The number of nitrogen functional groups attached to an aromatic ring is 1. The third-order valence-electron chi connectivity index (χ3n) is 6.35. The van der Waals surface area contributed by atoms with Gasteiger partial charge in [0, 0.05) is 22.5 Å². The van der Waals surface area contributed by atoms with Crippen LogP contribution in [0.2, 0.25) is 0 Å². The van der Waals surface area contributed by atoms with Gasteiger partial charge in [0.1, 0.15) is 32.7 Å². The molecule has 0 radical (unpaired) electrons. The van der Waals surface area contributed by atoms with Crippen LogP contribution < -0.4 is 11.1 Å². The number of nitrogens with two attached hydrogens (primary N) is 1. The van der Waals surface area contributed by atoms with Crippen molar-refractivity contribution < 1.29 is 52.8 Å². The first-order valence-electron chi connectivity index (χ1n) is 12.9. The van der Waals surface area contributed by atoms with Gasteiger partial charge in [0.25, 0.3) is 30.4 Å². The zero-order chi connectivity index (χ0) is 35.9. The van der Waals surface area contributed by atoms with Gasteiger partial charge in [0.2, 0.25) is 5.95 Å². The molecule has 0 unspecified atom stereocenters. The normalized spacial score (nSPS) is 12.7. The number of rotatable bonds is 9. The molecule has 4 aromatic carbocycles. The van der Waals surface area contributed by atoms with E-state index in [2.05, 4.69) is 35.7 Å². The monoisotopic (exact) mass is 736 g/mol. The maximum absolute atomic E-state index is 13.5. The number of fused-ring (bicyclic) bond motifs is 1. The summed E-state index contributed by atoms with van der Waals surface area (Å²) >= 11 is 0. The Labute approximate surface area is 274 Å². The van der Waals surface area contributed by atoms with Crippen LogP contribution in [0, 0.1) is 12.0 Å². The standard InChI is InChI=1S/C26H18F2N8O10S3/c27-21-11-22(32-26(28)31-21)30-13-3-8-19(48(41,42)43)18(9-13)34-36-24-20(49(44,45)46)10-16-15(25(24)37)6-7-17(29)23(16)35-33-12-1-4-14(5-2-12)47(38,39)40/h1-11,37H,29H2,(H,30,31,32)(H,38,39,40)(H,41,42,43)(H,44,45,46)/b35-33+,36-34+. The average molecular weight is 737 g/mol. The molecule has 5 aromatic rings. The van der Waals surface area contributed by atoms with Crippen LogP contribution in [-0.4, -0.2) is 54.0 Å². The van der Waals surface area contributed by atoms with Crippen molar-refractivity contribution in [3.63, 3.8) is 0 Å². The van der Waals surface area contributed by atoms with Crippen molar-refractivity contribution in [2.45, 2.75) is 14.7 Å². The molecule has 0 spiro atoms. The summed E-state index contributed by atoms with van der Waals surface area (Å²) in [5.41, 5.74) is 4.10. The van der Waals surface area contributed by atoms with Gasteiger partial charge in [-0.15, -0.1) is 15.3 Å². The zero-order valence-electron chi connectivity index (χ0n) is 23.8. The number of benzene rings is 4. The molecule has 0 aliphatic carbocycles. The minimum atomic E-state index is -5.24. The molecular formula is C26H18F2N8O10S3. The van der Waals surface area contributed by atoms with Crippen molar-refractivity contribution in [2.75, 3.05) is 11.1 Å². The van der Waals surface area contributed by atoms with Gasteiger partial charge in [-0.3, -0.25) is 13.7 Å². The smallest absolute Gasteiger partial charge is 0.313 e. The van der Waals surface area contributed by atoms with Crippen molar-refractivity contribution in [2.24, 2.45) is 20.5 Å². The number of phenols is 1. The van der Waals surface area contributed by atoms with Crippen LogP contribution in [0.5, 0.6) is 5.75 Å². The van der Waals surface area contributed by atoms with Crippen LogP contribution in [0.25, 0.3) is 10.8 Å². The average Bonchev–Trinajstić information content (AvgIpc) is 2.98. The van der Waals surface area contributed by atoms with E-state index in [4.69, 9.17) is 10.3 Å². The molecule has 0 saturated carbocycles. The Kier molecular flexibility index (Phi) is 9.07. The number of anilines is 3. The molecule has 0 aliphatic rings. The fourth-order valence-electron chi connectivity index (χ4n) is 4.22. The molecule has 18 nitrogen and oxygen atoms in total. The highest BCUT2D eigenvalue weighted by Gasteiger charge is 2.25. The molecule has 0 saturated heterocycles.